The summed E-state index contributed by atoms with van der Waals surface area (Å²) in [5.41, 5.74) is 2.48. The van der Waals surface area contributed by atoms with Crippen LogP contribution >= 0.6 is 0 Å². The molecule has 8 heteroatoms. The zero-order valence-electron chi connectivity index (χ0n) is 16.6. The van der Waals surface area contributed by atoms with E-state index in [0.29, 0.717) is 18.0 Å². The van der Waals surface area contributed by atoms with Crippen molar-refractivity contribution in [3.05, 3.63) is 59.8 Å². The second kappa shape index (κ2) is 9.11. The Balaban J connectivity index is 1.42. The van der Waals surface area contributed by atoms with E-state index in [0.717, 1.165) is 56.1 Å². The minimum atomic E-state index is -0.0939. The first-order valence-electron chi connectivity index (χ1n) is 9.97. The first-order valence-corrected chi connectivity index (χ1v) is 9.97. The van der Waals surface area contributed by atoms with Gasteiger partial charge in [0.25, 0.3) is 5.91 Å². The lowest BCUT2D eigenvalue weighted by Crippen LogP contribution is -2.26. The van der Waals surface area contributed by atoms with Gasteiger partial charge >= 0.3 is 0 Å². The number of pyridine rings is 2. The Labute approximate surface area is 169 Å². The fourth-order valence-corrected chi connectivity index (χ4v) is 3.76. The fraction of sp³-hybridized carbons (Fsp3) is 0.429. The molecule has 1 amide bonds. The van der Waals surface area contributed by atoms with E-state index in [2.05, 4.69) is 25.4 Å². The van der Waals surface area contributed by atoms with Gasteiger partial charge in [-0.25, -0.2) is 0 Å². The fourth-order valence-electron chi connectivity index (χ4n) is 3.76. The standard InChI is InChI=1S/C21H26N6O2/c1-29-12-11-26-10-7-17(14-26)20-25-24-19-5-4-18(15-27(19)20)21(28)23-9-6-16-3-2-8-22-13-16/h2-5,8,13,15,17H,6-7,9-12,14H2,1H3,(H,23,28). The maximum atomic E-state index is 12.6. The Morgan fingerprint density at radius 2 is 2.24 bits per heavy atom. The minimum Gasteiger partial charge on any atom is -0.383 e. The van der Waals surface area contributed by atoms with Crippen LogP contribution in [0.4, 0.5) is 0 Å². The van der Waals surface area contributed by atoms with Crippen molar-refractivity contribution in [2.45, 2.75) is 18.8 Å². The number of methoxy groups -OCH3 is 1. The van der Waals surface area contributed by atoms with E-state index in [4.69, 9.17) is 4.74 Å². The molecule has 1 unspecified atom stereocenters. The van der Waals surface area contributed by atoms with Crippen molar-refractivity contribution in [2.24, 2.45) is 0 Å². The Hall–Kier alpha value is -2.84. The Morgan fingerprint density at radius 1 is 1.31 bits per heavy atom. The first-order chi connectivity index (χ1) is 14.2. The number of aromatic nitrogens is 4. The van der Waals surface area contributed by atoms with E-state index in [-0.39, 0.29) is 5.91 Å². The van der Waals surface area contributed by atoms with Crippen LogP contribution in [-0.2, 0) is 11.2 Å². The summed E-state index contributed by atoms with van der Waals surface area (Å²) >= 11 is 0. The van der Waals surface area contributed by atoms with Gasteiger partial charge in [0.2, 0.25) is 0 Å². The molecule has 152 valence electrons. The average Bonchev–Trinajstić information content (AvgIpc) is 3.39. The summed E-state index contributed by atoms with van der Waals surface area (Å²) < 4.78 is 7.14. The van der Waals surface area contributed by atoms with Crippen molar-refractivity contribution in [3.63, 3.8) is 0 Å². The van der Waals surface area contributed by atoms with Crippen LogP contribution in [0.5, 0.6) is 0 Å². The molecule has 4 heterocycles. The quantitative estimate of drug-likeness (QED) is 0.624. The molecule has 3 aromatic heterocycles. The Bertz CT molecular complexity index is 958. The van der Waals surface area contributed by atoms with Gasteiger partial charge in [-0.3, -0.25) is 14.2 Å². The van der Waals surface area contributed by atoms with E-state index in [1.165, 1.54) is 0 Å². The number of ether oxygens (including phenoxy) is 1. The van der Waals surface area contributed by atoms with Crippen molar-refractivity contribution in [1.29, 1.82) is 0 Å². The van der Waals surface area contributed by atoms with Crippen molar-refractivity contribution in [2.75, 3.05) is 39.9 Å². The summed E-state index contributed by atoms with van der Waals surface area (Å²) in [7, 11) is 1.73. The molecule has 3 aromatic rings. The summed E-state index contributed by atoms with van der Waals surface area (Å²) in [5, 5.41) is 11.7. The lowest BCUT2D eigenvalue weighted by molar-refractivity contribution is 0.0953. The summed E-state index contributed by atoms with van der Waals surface area (Å²) in [6.07, 6.45) is 7.20. The van der Waals surface area contributed by atoms with Gasteiger partial charge < -0.3 is 15.0 Å². The molecule has 0 bridgehead atoms. The van der Waals surface area contributed by atoms with Gasteiger partial charge in [-0.05, 0) is 43.1 Å². The number of rotatable bonds is 8. The van der Waals surface area contributed by atoms with Crippen LogP contribution in [0.25, 0.3) is 5.65 Å². The molecule has 1 aliphatic rings. The molecule has 1 saturated heterocycles. The molecule has 4 rings (SSSR count). The highest BCUT2D eigenvalue weighted by Crippen LogP contribution is 2.26. The number of hydrogen-bond acceptors (Lipinski definition) is 6. The molecule has 0 radical (unpaired) electrons. The molecule has 0 aromatic carbocycles. The van der Waals surface area contributed by atoms with Crippen molar-refractivity contribution in [1.82, 2.24) is 29.8 Å². The van der Waals surface area contributed by atoms with Crippen LogP contribution < -0.4 is 5.32 Å². The highest BCUT2D eigenvalue weighted by molar-refractivity contribution is 5.94. The number of likely N-dealkylation sites (tertiary alicyclic amines) is 1. The van der Waals surface area contributed by atoms with Crippen molar-refractivity contribution >= 4 is 11.6 Å². The highest BCUT2D eigenvalue weighted by atomic mass is 16.5. The van der Waals surface area contributed by atoms with E-state index in [1.54, 1.807) is 19.4 Å². The van der Waals surface area contributed by atoms with E-state index >= 15 is 0 Å². The molecular weight excluding hydrogens is 368 g/mol. The molecule has 1 atom stereocenters. The van der Waals surface area contributed by atoms with Gasteiger partial charge in [-0.1, -0.05) is 6.07 Å². The van der Waals surface area contributed by atoms with Crippen molar-refractivity contribution < 1.29 is 9.53 Å². The van der Waals surface area contributed by atoms with Gasteiger partial charge in [0.1, 0.15) is 5.82 Å². The van der Waals surface area contributed by atoms with Crippen LogP contribution in [0.2, 0.25) is 0 Å². The number of amides is 1. The van der Waals surface area contributed by atoms with Gasteiger partial charge in [-0.2, -0.15) is 0 Å². The van der Waals surface area contributed by atoms with E-state index in [9.17, 15) is 4.79 Å². The largest absolute Gasteiger partial charge is 0.383 e. The van der Waals surface area contributed by atoms with Gasteiger partial charge in [-0.15, -0.1) is 10.2 Å². The molecular formula is C21H26N6O2. The SMILES string of the molecule is COCCN1CCC(c2nnc3ccc(C(=O)NCCc4cccnc4)cn23)C1. The Kier molecular flexibility index (Phi) is 6.12. The molecule has 1 fully saturated rings. The minimum absolute atomic E-state index is 0.0939. The number of fused-ring (bicyclic) bond motifs is 1. The predicted molar refractivity (Wildman–Crippen MR) is 109 cm³/mol. The third kappa shape index (κ3) is 4.60. The van der Waals surface area contributed by atoms with Gasteiger partial charge in [0, 0.05) is 51.3 Å². The van der Waals surface area contributed by atoms with Crippen LogP contribution in [-0.4, -0.2) is 70.3 Å². The van der Waals surface area contributed by atoms with Crippen LogP contribution in [0.1, 0.15) is 34.1 Å². The third-order valence-corrected chi connectivity index (χ3v) is 5.36. The van der Waals surface area contributed by atoms with Crippen LogP contribution in [0.3, 0.4) is 0 Å². The number of nitrogens with one attached hydrogen (secondary N) is 1. The summed E-state index contributed by atoms with van der Waals surface area (Å²) in [6, 6.07) is 7.56. The molecule has 29 heavy (non-hydrogen) atoms. The zero-order valence-corrected chi connectivity index (χ0v) is 16.6. The van der Waals surface area contributed by atoms with E-state index in [1.807, 2.05) is 35.0 Å². The normalized spacial score (nSPS) is 17.1. The predicted octanol–water partition coefficient (Wildman–Crippen LogP) is 1.53. The van der Waals surface area contributed by atoms with Gasteiger partial charge in [0.05, 0.1) is 12.2 Å². The smallest absolute Gasteiger partial charge is 0.252 e. The van der Waals surface area contributed by atoms with Crippen LogP contribution in [0, 0.1) is 0 Å². The molecule has 1 aliphatic heterocycles. The highest BCUT2D eigenvalue weighted by Gasteiger charge is 2.27. The molecule has 1 N–H and O–H groups in total. The number of hydrogen-bond donors (Lipinski definition) is 1. The topological polar surface area (TPSA) is 84.6 Å². The molecule has 8 nitrogen and oxygen atoms in total. The molecule has 0 spiro atoms. The second-order valence-electron chi connectivity index (χ2n) is 7.35. The monoisotopic (exact) mass is 394 g/mol. The first kappa shape index (κ1) is 19.5. The third-order valence-electron chi connectivity index (χ3n) is 5.36. The van der Waals surface area contributed by atoms with Gasteiger partial charge in [0.15, 0.2) is 5.65 Å². The lowest BCUT2D eigenvalue weighted by atomic mass is 10.1. The Morgan fingerprint density at radius 3 is 3.07 bits per heavy atom. The second-order valence-corrected chi connectivity index (χ2v) is 7.35. The number of carbonyl (C=O) groups excluding carboxylic acids is 1. The molecule has 0 aliphatic carbocycles. The lowest BCUT2D eigenvalue weighted by Gasteiger charge is -2.14. The summed E-state index contributed by atoms with van der Waals surface area (Å²) in [5.74, 6) is 1.14. The average molecular weight is 394 g/mol. The van der Waals surface area contributed by atoms with Crippen LogP contribution in [0.15, 0.2) is 42.9 Å². The number of carbonyl (C=O) groups is 1. The summed E-state index contributed by atoms with van der Waals surface area (Å²) in [4.78, 5) is 19.1. The number of nitrogens with zero attached hydrogens (tertiary/aromatic N) is 5. The summed E-state index contributed by atoms with van der Waals surface area (Å²) in [6.45, 7) is 4.18. The maximum Gasteiger partial charge on any atom is 0.252 e. The van der Waals surface area contributed by atoms with E-state index < -0.39 is 0 Å². The zero-order chi connectivity index (χ0) is 20.1. The van der Waals surface area contributed by atoms with Crippen molar-refractivity contribution in [3.8, 4) is 0 Å². The molecule has 0 saturated carbocycles. The maximum absolute atomic E-state index is 12.6.